The predicted molar refractivity (Wildman–Crippen MR) is 81.3 cm³/mol. The number of rotatable bonds is 3. The number of hydrogen-bond acceptors (Lipinski definition) is 1. The van der Waals surface area contributed by atoms with E-state index in [9.17, 15) is 4.39 Å². The molecule has 0 amide bonds. The third-order valence-corrected chi connectivity index (χ3v) is 6.58. The van der Waals surface area contributed by atoms with Crippen molar-refractivity contribution in [2.45, 2.75) is 52.6 Å². The predicted octanol–water partition coefficient (Wildman–Crippen LogP) is 4.78. The van der Waals surface area contributed by atoms with E-state index in [2.05, 4.69) is 26.1 Å². The summed E-state index contributed by atoms with van der Waals surface area (Å²) in [5.74, 6) is 0.595. The van der Waals surface area contributed by atoms with E-state index in [4.69, 9.17) is 11.6 Å². The molecule has 2 aliphatic carbocycles. The van der Waals surface area contributed by atoms with E-state index in [0.29, 0.717) is 34.0 Å². The lowest BCUT2D eigenvalue weighted by atomic mass is 9.69. The van der Waals surface area contributed by atoms with Crippen LogP contribution in [0.4, 0.5) is 4.39 Å². The molecule has 2 fully saturated rings. The van der Waals surface area contributed by atoms with Gasteiger partial charge in [-0.25, -0.2) is 4.39 Å². The van der Waals surface area contributed by atoms with Crippen molar-refractivity contribution in [1.29, 1.82) is 0 Å². The smallest absolute Gasteiger partial charge is 0.129 e. The Hall–Kier alpha value is -0.600. The maximum absolute atomic E-state index is 13.8. The lowest BCUT2D eigenvalue weighted by Gasteiger charge is -2.39. The van der Waals surface area contributed by atoms with Gasteiger partial charge >= 0.3 is 0 Å². The highest BCUT2D eigenvalue weighted by Crippen LogP contribution is 2.65. The Morgan fingerprint density at radius 1 is 1.35 bits per heavy atom. The second-order valence-corrected chi connectivity index (χ2v) is 7.72. The maximum atomic E-state index is 13.8. The molecule has 0 spiro atoms. The molecule has 1 aromatic rings. The molecular formula is C17H23ClFN. The van der Waals surface area contributed by atoms with E-state index in [1.807, 2.05) is 0 Å². The molecule has 20 heavy (non-hydrogen) atoms. The SMILES string of the molecule is CC1(C)C2CCC1(C)C(NCc1ccc(Cl)cc1F)C2. The van der Waals surface area contributed by atoms with Crippen molar-refractivity contribution in [2.75, 3.05) is 0 Å². The average Bonchev–Trinajstić information content (AvgIpc) is 2.70. The first-order valence-electron chi connectivity index (χ1n) is 7.52. The maximum Gasteiger partial charge on any atom is 0.129 e. The zero-order valence-corrected chi connectivity index (χ0v) is 13.2. The molecule has 1 nitrogen and oxygen atoms in total. The summed E-state index contributed by atoms with van der Waals surface area (Å²) >= 11 is 5.79. The van der Waals surface area contributed by atoms with Gasteiger partial charge in [0, 0.05) is 23.2 Å². The molecule has 3 atom stereocenters. The Morgan fingerprint density at radius 2 is 2.10 bits per heavy atom. The number of hydrogen-bond donors (Lipinski definition) is 1. The van der Waals surface area contributed by atoms with Crippen LogP contribution < -0.4 is 5.32 Å². The molecule has 0 radical (unpaired) electrons. The Kier molecular flexibility index (Phi) is 3.38. The van der Waals surface area contributed by atoms with Gasteiger partial charge in [0.2, 0.25) is 0 Å². The van der Waals surface area contributed by atoms with Gasteiger partial charge in [0.05, 0.1) is 0 Å². The molecule has 1 N–H and O–H groups in total. The number of benzene rings is 1. The normalized spacial score (nSPS) is 34.6. The highest BCUT2D eigenvalue weighted by atomic mass is 35.5. The van der Waals surface area contributed by atoms with Crippen LogP contribution in [0.3, 0.4) is 0 Å². The van der Waals surface area contributed by atoms with Gasteiger partial charge in [0.1, 0.15) is 5.82 Å². The zero-order valence-electron chi connectivity index (χ0n) is 12.5. The van der Waals surface area contributed by atoms with E-state index < -0.39 is 0 Å². The lowest BCUT2D eigenvalue weighted by molar-refractivity contribution is 0.120. The van der Waals surface area contributed by atoms with Crippen molar-refractivity contribution >= 4 is 11.6 Å². The minimum Gasteiger partial charge on any atom is -0.309 e. The number of halogens is 2. The lowest BCUT2D eigenvalue weighted by Crippen LogP contribution is -2.44. The standard InChI is InChI=1S/C17H23ClFN/c1-16(2)12-6-7-17(16,3)15(8-12)20-10-11-4-5-13(18)9-14(11)19/h4-5,9,12,15,20H,6-8,10H2,1-3H3. The van der Waals surface area contributed by atoms with E-state index in [1.165, 1.54) is 25.3 Å². The monoisotopic (exact) mass is 295 g/mol. The van der Waals surface area contributed by atoms with Gasteiger partial charge in [-0.05, 0) is 48.1 Å². The van der Waals surface area contributed by atoms with E-state index in [-0.39, 0.29) is 5.82 Å². The van der Waals surface area contributed by atoms with Crippen LogP contribution in [0.15, 0.2) is 18.2 Å². The molecular weight excluding hydrogens is 273 g/mol. The van der Waals surface area contributed by atoms with Crippen molar-refractivity contribution in [2.24, 2.45) is 16.7 Å². The molecule has 0 saturated heterocycles. The Balaban J connectivity index is 1.71. The van der Waals surface area contributed by atoms with Gasteiger partial charge in [0.15, 0.2) is 0 Å². The quantitative estimate of drug-likeness (QED) is 0.846. The Labute approximate surface area is 125 Å². The summed E-state index contributed by atoms with van der Waals surface area (Å²) in [6.07, 6.45) is 3.85. The van der Waals surface area contributed by atoms with Crippen LogP contribution in [-0.4, -0.2) is 6.04 Å². The van der Waals surface area contributed by atoms with Crippen molar-refractivity contribution in [3.63, 3.8) is 0 Å². The molecule has 2 saturated carbocycles. The van der Waals surface area contributed by atoms with E-state index >= 15 is 0 Å². The van der Waals surface area contributed by atoms with E-state index in [0.717, 1.165) is 5.92 Å². The minimum absolute atomic E-state index is 0.211. The van der Waals surface area contributed by atoms with Gasteiger partial charge in [-0.2, -0.15) is 0 Å². The van der Waals surface area contributed by atoms with Crippen LogP contribution in [0.5, 0.6) is 0 Å². The fourth-order valence-corrected chi connectivity index (χ4v) is 4.57. The fourth-order valence-electron chi connectivity index (χ4n) is 4.41. The first kappa shape index (κ1) is 14.3. The fraction of sp³-hybridized carbons (Fsp3) is 0.647. The topological polar surface area (TPSA) is 12.0 Å². The largest absolute Gasteiger partial charge is 0.309 e. The third-order valence-electron chi connectivity index (χ3n) is 6.35. The summed E-state index contributed by atoms with van der Waals surface area (Å²) in [5.41, 5.74) is 1.43. The van der Waals surface area contributed by atoms with Gasteiger partial charge < -0.3 is 5.32 Å². The molecule has 2 aliphatic rings. The highest BCUT2D eigenvalue weighted by molar-refractivity contribution is 6.30. The number of nitrogens with one attached hydrogen (secondary N) is 1. The molecule has 110 valence electrons. The summed E-state index contributed by atoms with van der Waals surface area (Å²) in [5, 5.41) is 4.06. The van der Waals surface area contributed by atoms with E-state index in [1.54, 1.807) is 12.1 Å². The van der Waals surface area contributed by atoms with Crippen molar-refractivity contribution in [3.05, 3.63) is 34.6 Å². The van der Waals surface area contributed by atoms with Gasteiger partial charge in [-0.1, -0.05) is 38.4 Å². The third kappa shape index (κ3) is 2.00. The van der Waals surface area contributed by atoms with Crippen LogP contribution in [0, 0.1) is 22.6 Å². The molecule has 3 unspecified atom stereocenters. The second kappa shape index (κ2) is 4.71. The molecule has 0 aliphatic heterocycles. The van der Waals surface area contributed by atoms with Crippen molar-refractivity contribution in [1.82, 2.24) is 5.32 Å². The number of fused-ring (bicyclic) bond motifs is 2. The minimum atomic E-state index is -0.211. The summed E-state index contributed by atoms with van der Waals surface area (Å²) < 4.78 is 13.8. The summed E-state index contributed by atoms with van der Waals surface area (Å²) in [4.78, 5) is 0. The molecule has 3 rings (SSSR count). The van der Waals surface area contributed by atoms with Gasteiger partial charge in [-0.3, -0.25) is 0 Å². The summed E-state index contributed by atoms with van der Waals surface area (Å²) in [7, 11) is 0. The first-order chi connectivity index (χ1) is 9.34. The van der Waals surface area contributed by atoms with Crippen LogP contribution in [0.1, 0.15) is 45.6 Å². The molecule has 0 aromatic heterocycles. The Morgan fingerprint density at radius 3 is 2.65 bits per heavy atom. The summed E-state index contributed by atoms with van der Waals surface area (Å²) in [6, 6.07) is 5.43. The summed E-state index contributed by atoms with van der Waals surface area (Å²) in [6.45, 7) is 7.78. The van der Waals surface area contributed by atoms with Crippen LogP contribution in [0.25, 0.3) is 0 Å². The van der Waals surface area contributed by atoms with Crippen molar-refractivity contribution < 1.29 is 4.39 Å². The van der Waals surface area contributed by atoms with Crippen molar-refractivity contribution in [3.8, 4) is 0 Å². The average molecular weight is 296 g/mol. The van der Waals surface area contributed by atoms with Crippen LogP contribution in [0.2, 0.25) is 5.02 Å². The van der Waals surface area contributed by atoms with Crippen LogP contribution >= 0.6 is 11.6 Å². The van der Waals surface area contributed by atoms with Gasteiger partial charge in [-0.15, -0.1) is 0 Å². The molecule has 0 heterocycles. The van der Waals surface area contributed by atoms with Gasteiger partial charge in [0.25, 0.3) is 0 Å². The van der Waals surface area contributed by atoms with Crippen LogP contribution in [-0.2, 0) is 6.54 Å². The highest BCUT2D eigenvalue weighted by Gasteiger charge is 2.60. The Bertz CT molecular complexity index is 528. The first-order valence-corrected chi connectivity index (χ1v) is 7.90. The molecule has 3 heteroatoms. The molecule has 2 bridgehead atoms. The second-order valence-electron chi connectivity index (χ2n) is 7.28. The molecule has 1 aromatic carbocycles. The zero-order chi connectivity index (χ0) is 14.5.